The lowest BCUT2D eigenvalue weighted by Crippen LogP contribution is -2.34. The van der Waals surface area contributed by atoms with Crippen molar-refractivity contribution in [1.82, 2.24) is 14.9 Å². The lowest BCUT2D eigenvalue weighted by atomic mass is 10.0. The van der Waals surface area contributed by atoms with E-state index in [1.54, 1.807) is 29.1 Å². The zero-order valence-corrected chi connectivity index (χ0v) is 16.2. The summed E-state index contributed by atoms with van der Waals surface area (Å²) >= 11 is 0. The van der Waals surface area contributed by atoms with Crippen molar-refractivity contribution < 1.29 is 13.9 Å². The summed E-state index contributed by atoms with van der Waals surface area (Å²) in [6.07, 6.45) is 3.42. The van der Waals surface area contributed by atoms with Crippen molar-refractivity contribution in [3.05, 3.63) is 83.7 Å². The highest BCUT2D eigenvalue weighted by molar-refractivity contribution is 5.78. The molecule has 0 spiro atoms. The first kappa shape index (κ1) is 19.6. The number of carbonyl (C=O) groups excluding carboxylic acids is 1. The summed E-state index contributed by atoms with van der Waals surface area (Å²) < 4.78 is 21.3. The number of nitrogens with one attached hydrogen (secondary N) is 1. The number of para-hydroxylation sites is 1. The van der Waals surface area contributed by atoms with Gasteiger partial charge in [-0.2, -0.15) is 0 Å². The molecule has 3 aromatic rings. The van der Waals surface area contributed by atoms with Crippen molar-refractivity contribution in [1.29, 1.82) is 0 Å². The highest BCUT2D eigenvalue weighted by atomic mass is 19.1. The molecule has 1 unspecified atom stereocenters. The minimum absolute atomic E-state index is 0.139. The fourth-order valence-electron chi connectivity index (χ4n) is 3.07. The average Bonchev–Trinajstić information content (AvgIpc) is 3.10. The van der Waals surface area contributed by atoms with Gasteiger partial charge in [0.05, 0.1) is 0 Å². The van der Waals surface area contributed by atoms with E-state index in [9.17, 15) is 9.18 Å². The Hall–Kier alpha value is -3.15. The summed E-state index contributed by atoms with van der Waals surface area (Å²) in [5.41, 5.74) is 1.66. The van der Waals surface area contributed by atoms with Gasteiger partial charge in [0.2, 0.25) is 0 Å². The van der Waals surface area contributed by atoms with E-state index in [4.69, 9.17) is 4.74 Å². The third-order valence-corrected chi connectivity index (χ3v) is 4.50. The molecule has 6 heteroatoms. The number of halogens is 1. The number of hydrogen-bond donors (Lipinski definition) is 1. The van der Waals surface area contributed by atoms with Gasteiger partial charge in [-0.3, -0.25) is 4.79 Å². The van der Waals surface area contributed by atoms with Crippen molar-refractivity contribution >= 4 is 5.91 Å². The Morgan fingerprint density at radius 2 is 2.00 bits per heavy atom. The molecule has 1 N–H and O–H groups in total. The van der Waals surface area contributed by atoms with Crippen LogP contribution in [0.4, 0.5) is 4.39 Å². The largest absolute Gasteiger partial charge is 0.483 e. The molecule has 0 fully saturated rings. The predicted octanol–water partition coefficient (Wildman–Crippen LogP) is 3.97. The highest BCUT2D eigenvalue weighted by Crippen LogP contribution is 2.26. The fourth-order valence-corrected chi connectivity index (χ4v) is 3.07. The maximum absolute atomic E-state index is 13.7. The second kappa shape index (κ2) is 8.69. The topological polar surface area (TPSA) is 56.1 Å². The first-order valence-electron chi connectivity index (χ1n) is 9.19. The van der Waals surface area contributed by atoms with Gasteiger partial charge in [0, 0.05) is 19.4 Å². The molecule has 0 bridgehead atoms. The predicted molar refractivity (Wildman–Crippen MR) is 106 cm³/mol. The second-order valence-electron chi connectivity index (χ2n) is 6.93. The van der Waals surface area contributed by atoms with E-state index >= 15 is 0 Å². The smallest absolute Gasteiger partial charge is 0.258 e. The number of nitrogens with zero attached hydrogens (tertiary/aromatic N) is 2. The minimum atomic E-state index is -0.577. The Balaban J connectivity index is 1.76. The molecule has 0 radical (unpaired) electrons. The van der Waals surface area contributed by atoms with Gasteiger partial charge in [-0.25, -0.2) is 9.37 Å². The molecule has 1 atom stereocenters. The summed E-state index contributed by atoms with van der Waals surface area (Å²) in [7, 11) is 1.83. The molecule has 146 valence electrons. The number of ether oxygens (including phenoxy) is 1. The van der Waals surface area contributed by atoms with Gasteiger partial charge in [0.25, 0.3) is 5.91 Å². The third kappa shape index (κ3) is 4.57. The molecule has 0 aliphatic heterocycles. The zero-order chi connectivity index (χ0) is 20.1. The van der Waals surface area contributed by atoms with Crippen molar-refractivity contribution in [2.45, 2.75) is 25.8 Å². The van der Waals surface area contributed by atoms with Crippen LogP contribution in [0, 0.1) is 5.82 Å². The van der Waals surface area contributed by atoms with Crippen LogP contribution < -0.4 is 10.1 Å². The van der Waals surface area contributed by atoms with E-state index in [1.165, 1.54) is 12.1 Å². The number of imidazole rings is 1. The molecular weight excluding hydrogens is 357 g/mol. The van der Waals surface area contributed by atoms with Gasteiger partial charge in [-0.15, -0.1) is 0 Å². The maximum atomic E-state index is 13.7. The van der Waals surface area contributed by atoms with Crippen LogP contribution >= 0.6 is 0 Å². The van der Waals surface area contributed by atoms with Crippen LogP contribution in [0.2, 0.25) is 0 Å². The number of aryl methyl sites for hydroxylation is 1. The van der Waals surface area contributed by atoms with E-state index in [0.29, 0.717) is 17.1 Å². The van der Waals surface area contributed by atoms with Crippen LogP contribution in [-0.4, -0.2) is 22.1 Å². The number of benzene rings is 2. The summed E-state index contributed by atoms with van der Waals surface area (Å²) in [4.78, 5) is 16.9. The van der Waals surface area contributed by atoms with Crippen molar-refractivity contribution in [2.75, 3.05) is 6.61 Å². The summed E-state index contributed by atoms with van der Waals surface area (Å²) in [5.74, 6) is 0.907. The van der Waals surface area contributed by atoms with E-state index in [-0.39, 0.29) is 24.2 Å². The highest BCUT2D eigenvalue weighted by Gasteiger charge is 2.21. The third-order valence-electron chi connectivity index (χ3n) is 4.50. The Morgan fingerprint density at radius 1 is 1.21 bits per heavy atom. The quantitative estimate of drug-likeness (QED) is 0.674. The van der Waals surface area contributed by atoms with Crippen LogP contribution in [0.5, 0.6) is 5.75 Å². The van der Waals surface area contributed by atoms with Crippen LogP contribution in [0.15, 0.2) is 60.9 Å². The first-order valence-corrected chi connectivity index (χ1v) is 9.19. The van der Waals surface area contributed by atoms with E-state index in [0.717, 1.165) is 5.56 Å². The number of rotatable bonds is 7. The van der Waals surface area contributed by atoms with Gasteiger partial charge in [-0.05, 0) is 35.2 Å². The molecule has 5 nitrogen and oxygen atoms in total. The maximum Gasteiger partial charge on any atom is 0.258 e. The van der Waals surface area contributed by atoms with Crippen LogP contribution in [0.1, 0.15) is 42.8 Å². The summed E-state index contributed by atoms with van der Waals surface area (Å²) in [5, 5.41) is 2.91. The van der Waals surface area contributed by atoms with Gasteiger partial charge < -0.3 is 14.6 Å². The molecule has 2 aromatic carbocycles. The zero-order valence-electron chi connectivity index (χ0n) is 16.2. The van der Waals surface area contributed by atoms with Crippen molar-refractivity contribution in [3.8, 4) is 5.75 Å². The molecule has 3 rings (SSSR count). The van der Waals surface area contributed by atoms with Crippen LogP contribution in [0.25, 0.3) is 0 Å². The number of hydrogen-bond acceptors (Lipinski definition) is 3. The summed E-state index contributed by atoms with van der Waals surface area (Å²) in [6, 6.07) is 13.2. The van der Waals surface area contributed by atoms with Crippen molar-refractivity contribution in [2.24, 2.45) is 7.05 Å². The van der Waals surface area contributed by atoms with Gasteiger partial charge in [0.15, 0.2) is 6.61 Å². The lowest BCUT2D eigenvalue weighted by molar-refractivity contribution is -0.123. The van der Waals surface area contributed by atoms with E-state index in [2.05, 4.69) is 24.1 Å². The Labute approximate surface area is 164 Å². The molecule has 1 amide bonds. The fraction of sp³-hybridized carbons (Fsp3) is 0.273. The monoisotopic (exact) mass is 381 g/mol. The molecule has 1 heterocycles. The van der Waals surface area contributed by atoms with Gasteiger partial charge in [-0.1, -0.05) is 44.2 Å². The number of aromatic nitrogens is 2. The van der Waals surface area contributed by atoms with Crippen LogP contribution in [-0.2, 0) is 11.8 Å². The van der Waals surface area contributed by atoms with Crippen LogP contribution in [0.3, 0.4) is 0 Å². The molecule has 28 heavy (non-hydrogen) atoms. The van der Waals surface area contributed by atoms with E-state index < -0.39 is 6.04 Å². The molecular formula is C22H24FN3O2. The molecule has 1 aromatic heterocycles. The number of amides is 1. The number of carbonyl (C=O) groups is 1. The molecule has 0 saturated heterocycles. The van der Waals surface area contributed by atoms with E-state index in [1.807, 2.05) is 31.3 Å². The van der Waals surface area contributed by atoms with Gasteiger partial charge >= 0.3 is 0 Å². The lowest BCUT2D eigenvalue weighted by Gasteiger charge is -2.20. The minimum Gasteiger partial charge on any atom is -0.483 e. The van der Waals surface area contributed by atoms with Gasteiger partial charge in [0.1, 0.15) is 23.4 Å². The first-order chi connectivity index (χ1) is 13.5. The molecule has 0 aliphatic carbocycles. The second-order valence-corrected chi connectivity index (χ2v) is 6.93. The Kier molecular flexibility index (Phi) is 6.09. The summed E-state index contributed by atoms with van der Waals surface area (Å²) in [6.45, 7) is 4.01. The van der Waals surface area contributed by atoms with Crippen molar-refractivity contribution in [3.63, 3.8) is 0 Å². The Morgan fingerprint density at radius 3 is 2.68 bits per heavy atom. The average molecular weight is 381 g/mol. The standard InChI is InChI=1S/C22H24FN3O2/c1-15(2)18-9-4-5-10-19(18)28-14-20(27)25-21(22-24-11-12-26(22)3)16-7-6-8-17(23)13-16/h4-13,15,21H,14H2,1-3H3,(H,25,27). The molecule has 0 saturated carbocycles. The SMILES string of the molecule is CC(C)c1ccccc1OCC(=O)NC(c1cccc(F)c1)c1nccn1C. The Bertz CT molecular complexity index is 952. The molecule has 0 aliphatic rings. The normalized spacial score (nSPS) is 12.0.